The summed E-state index contributed by atoms with van der Waals surface area (Å²) in [6.07, 6.45) is 1.01. The highest BCUT2D eigenvalue weighted by molar-refractivity contribution is 5.35. The van der Waals surface area contributed by atoms with Crippen molar-refractivity contribution in [3.63, 3.8) is 0 Å². The normalized spacial score (nSPS) is 10.7. The SMILES string of the molecule is CCCNc1nc(NCCN(C)CC)nc(OCC)n1. The molecule has 2 N–H and O–H groups in total. The van der Waals surface area contributed by atoms with Gasteiger partial charge in [-0.05, 0) is 26.9 Å². The summed E-state index contributed by atoms with van der Waals surface area (Å²) in [4.78, 5) is 15.0. The zero-order valence-corrected chi connectivity index (χ0v) is 12.9. The Morgan fingerprint density at radius 2 is 1.65 bits per heavy atom. The maximum Gasteiger partial charge on any atom is 0.323 e. The molecular formula is C13H26N6O. The standard InChI is InChI=1S/C13H26N6O/c1-5-8-14-11-16-12(15-9-10-19(4)6-2)18-13(17-11)20-7-3/h5-10H2,1-4H3,(H2,14,15,16,17,18). The topological polar surface area (TPSA) is 75.2 Å². The lowest BCUT2D eigenvalue weighted by Crippen LogP contribution is -2.25. The molecule has 0 unspecified atom stereocenters. The molecule has 114 valence electrons. The van der Waals surface area contributed by atoms with Crippen LogP contribution in [0.4, 0.5) is 11.9 Å². The van der Waals surface area contributed by atoms with Crippen LogP contribution >= 0.6 is 0 Å². The Morgan fingerprint density at radius 1 is 1.00 bits per heavy atom. The molecule has 1 rings (SSSR count). The van der Waals surface area contributed by atoms with E-state index in [1.165, 1.54) is 0 Å². The highest BCUT2D eigenvalue weighted by Crippen LogP contribution is 2.11. The average molecular weight is 282 g/mol. The molecule has 0 fully saturated rings. The van der Waals surface area contributed by atoms with Gasteiger partial charge in [0.1, 0.15) is 0 Å². The van der Waals surface area contributed by atoms with Gasteiger partial charge < -0.3 is 20.3 Å². The number of nitrogens with zero attached hydrogens (tertiary/aromatic N) is 4. The van der Waals surface area contributed by atoms with Gasteiger partial charge in [-0.1, -0.05) is 13.8 Å². The molecule has 7 heteroatoms. The van der Waals surface area contributed by atoms with Crippen LogP contribution in [0.3, 0.4) is 0 Å². The number of hydrogen-bond donors (Lipinski definition) is 2. The zero-order chi connectivity index (χ0) is 14.8. The first-order valence-corrected chi connectivity index (χ1v) is 7.24. The minimum absolute atomic E-state index is 0.354. The summed E-state index contributed by atoms with van der Waals surface area (Å²) in [5.74, 6) is 1.10. The second-order valence-corrected chi connectivity index (χ2v) is 4.45. The molecule has 0 radical (unpaired) electrons. The number of rotatable bonds is 10. The second kappa shape index (κ2) is 9.30. The van der Waals surface area contributed by atoms with Crippen molar-refractivity contribution in [2.45, 2.75) is 27.2 Å². The first kappa shape index (κ1) is 16.4. The Bertz CT molecular complexity index is 387. The third kappa shape index (κ3) is 6.01. The molecular weight excluding hydrogens is 256 g/mol. The van der Waals surface area contributed by atoms with Gasteiger partial charge in [0.15, 0.2) is 0 Å². The molecule has 0 aliphatic heterocycles. The molecule has 0 spiro atoms. The van der Waals surface area contributed by atoms with Crippen molar-refractivity contribution in [3.8, 4) is 6.01 Å². The molecule has 20 heavy (non-hydrogen) atoms. The molecule has 1 aromatic rings. The number of likely N-dealkylation sites (N-methyl/N-ethyl adjacent to an activating group) is 1. The number of aromatic nitrogens is 3. The lowest BCUT2D eigenvalue weighted by atomic mass is 10.5. The number of anilines is 2. The fourth-order valence-corrected chi connectivity index (χ4v) is 1.46. The number of nitrogens with one attached hydrogen (secondary N) is 2. The maximum absolute atomic E-state index is 5.36. The van der Waals surface area contributed by atoms with Gasteiger partial charge in [0.05, 0.1) is 6.61 Å². The van der Waals surface area contributed by atoms with Crippen LogP contribution in [0.15, 0.2) is 0 Å². The molecule has 0 atom stereocenters. The predicted octanol–water partition coefficient (Wildman–Crippen LogP) is 1.46. The minimum atomic E-state index is 0.354. The van der Waals surface area contributed by atoms with Gasteiger partial charge in [0.25, 0.3) is 0 Å². The molecule has 0 bridgehead atoms. The fraction of sp³-hybridized carbons (Fsp3) is 0.769. The zero-order valence-electron chi connectivity index (χ0n) is 12.9. The largest absolute Gasteiger partial charge is 0.464 e. The lowest BCUT2D eigenvalue weighted by molar-refractivity contribution is 0.312. The van der Waals surface area contributed by atoms with E-state index in [1.807, 2.05) is 6.92 Å². The lowest BCUT2D eigenvalue weighted by Gasteiger charge is -2.14. The number of hydrogen-bond acceptors (Lipinski definition) is 7. The van der Waals surface area contributed by atoms with Crippen molar-refractivity contribution in [1.82, 2.24) is 19.9 Å². The molecule has 1 aromatic heterocycles. The summed E-state index contributed by atoms with van der Waals surface area (Å²) >= 11 is 0. The third-order valence-electron chi connectivity index (χ3n) is 2.74. The van der Waals surface area contributed by atoms with Gasteiger partial charge in [-0.25, -0.2) is 0 Å². The van der Waals surface area contributed by atoms with Crippen LogP contribution in [-0.2, 0) is 0 Å². The Balaban J connectivity index is 2.64. The molecule has 7 nitrogen and oxygen atoms in total. The summed E-state index contributed by atoms with van der Waals surface area (Å²) in [6.45, 7) is 10.2. The third-order valence-corrected chi connectivity index (χ3v) is 2.74. The van der Waals surface area contributed by atoms with Crippen LogP contribution in [0.2, 0.25) is 0 Å². The Morgan fingerprint density at radius 3 is 2.20 bits per heavy atom. The second-order valence-electron chi connectivity index (χ2n) is 4.45. The van der Waals surface area contributed by atoms with E-state index in [0.717, 1.165) is 32.6 Å². The highest BCUT2D eigenvalue weighted by atomic mass is 16.5. The molecule has 1 heterocycles. The van der Waals surface area contributed by atoms with E-state index < -0.39 is 0 Å². The quantitative estimate of drug-likeness (QED) is 0.673. The van der Waals surface area contributed by atoms with Crippen molar-refractivity contribution in [2.75, 3.05) is 50.5 Å². The van der Waals surface area contributed by atoms with Crippen LogP contribution in [0, 0.1) is 0 Å². The van der Waals surface area contributed by atoms with Crippen LogP contribution < -0.4 is 15.4 Å². The van der Waals surface area contributed by atoms with Gasteiger partial charge in [0, 0.05) is 19.6 Å². The first-order valence-electron chi connectivity index (χ1n) is 7.24. The van der Waals surface area contributed by atoms with Crippen molar-refractivity contribution in [1.29, 1.82) is 0 Å². The van der Waals surface area contributed by atoms with Crippen LogP contribution in [-0.4, -0.2) is 59.7 Å². The molecule has 0 saturated heterocycles. The average Bonchev–Trinajstić information content (AvgIpc) is 2.45. The van der Waals surface area contributed by atoms with E-state index in [4.69, 9.17) is 4.74 Å². The number of ether oxygens (including phenoxy) is 1. The molecule has 0 amide bonds. The van der Waals surface area contributed by atoms with Gasteiger partial charge in [-0.2, -0.15) is 15.0 Å². The van der Waals surface area contributed by atoms with Crippen molar-refractivity contribution >= 4 is 11.9 Å². The summed E-state index contributed by atoms with van der Waals surface area (Å²) in [7, 11) is 2.08. The molecule has 0 aromatic carbocycles. The van der Waals surface area contributed by atoms with Crippen LogP contribution in [0.1, 0.15) is 27.2 Å². The van der Waals surface area contributed by atoms with Crippen molar-refractivity contribution < 1.29 is 4.74 Å². The first-order chi connectivity index (χ1) is 9.69. The van der Waals surface area contributed by atoms with Crippen molar-refractivity contribution in [3.05, 3.63) is 0 Å². The smallest absolute Gasteiger partial charge is 0.323 e. The van der Waals surface area contributed by atoms with E-state index in [0.29, 0.717) is 24.5 Å². The fourth-order valence-electron chi connectivity index (χ4n) is 1.46. The molecule has 0 saturated carbocycles. The van der Waals surface area contributed by atoms with E-state index in [-0.39, 0.29) is 0 Å². The predicted molar refractivity (Wildman–Crippen MR) is 81.4 cm³/mol. The highest BCUT2D eigenvalue weighted by Gasteiger charge is 2.06. The van der Waals surface area contributed by atoms with E-state index >= 15 is 0 Å². The van der Waals surface area contributed by atoms with E-state index in [2.05, 4.69) is 51.4 Å². The Labute approximate surface area is 121 Å². The van der Waals surface area contributed by atoms with E-state index in [1.54, 1.807) is 0 Å². The summed E-state index contributed by atoms with van der Waals surface area (Å²) in [6, 6.07) is 0.354. The molecule has 0 aliphatic rings. The van der Waals surface area contributed by atoms with Crippen molar-refractivity contribution in [2.24, 2.45) is 0 Å². The molecule has 0 aliphatic carbocycles. The van der Waals surface area contributed by atoms with Gasteiger partial charge in [-0.15, -0.1) is 0 Å². The maximum atomic E-state index is 5.36. The van der Waals surface area contributed by atoms with Gasteiger partial charge in [0.2, 0.25) is 11.9 Å². The van der Waals surface area contributed by atoms with Gasteiger partial charge in [-0.3, -0.25) is 0 Å². The van der Waals surface area contributed by atoms with E-state index in [9.17, 15) is 0 Å². The van der Waals surface area contributed by atoms with Crippen LogP contribution in [0.5, 0.6) is 6.01 Å². The summed E-state index contributed by atoms with van der Waals surface area (Å²) in [5, 5.41) is 6.35. The van der Waals surface area contributed by atoms with Crippen LogP contribution in [0.25, 0.3) is 0 Å². The summed E-state index contributed by atoms with van der Waals surface area (Å²) < 4.78 is 5.36. The Kier molecular flexibility index (Phi) is 7.64. The summed E-state index contributed by atoms with van der Waals surface area (Å²) in [5.41, 5.74) is 0. The Hall–Kier alpha value is -1.63. The monoisotopic (exact) mass is 282 g/mol. The van der Waals surface area contributed by atoms with Gasteiger partial charge >= 0.3 is 6.01 Å². The minimum Gasteiger partial charge on any atom is -0.464 e.